The maximum absolute atomic E-state index is 13.0. The minimum atomic E-state index is -0.556. The Hall–Kier alpha value is -3.48. The molecule has 7 heteroatoms. The topological polar surface area (TPSA) is 84.0 Å². The summed E-state index contributed by atoms with van der Waals surface area (Å²) in [5, 5.41) is 0. The van der Waals surface area contributed by atoms with Crippen molar-refractivity contribution < 1.29 is 23.9 Å². The van der Waals surface area contributed by atoms with Crippen molar-refractivity contribution in [1.82, 2.24) is 0 Å². The third-order valence-corrected chi connectivity index (χ3v) is 7.34. The molecule has 0 unspecified atom stereocenters. The first-order valence-electron chi connectivity index (χ1n) is 11.9. The first-order valence-corrected chi connectivity index (χ1v) is 11.9. The molecule has 0 radical (unpaired) electrons. The Labute approximate surface area is 198 Å². The molecule has 2 heterocycles. The van der Waals surface area contributed by atoms with Crippen LogP contribution in [0.2, 0.25) is 0 Å². The van der Waals surface area contributed by atoms with Gasteiger partial charge in [-0.05, 0) is 68.0 Å². The molecule has 0 aromatic heterocycles. The molecule has 3 aliphatic rings. The molecule has 3 amide bonds. The van der Waals surface area contributed by atoms with Crippen LogP contribution in [0.3, 0.4) is 0 Å². The average molecular weight is 461 g/mol. The number of hydrogen-bond donors (Lipinski definition) is 0. The number of ether oxygens (including phenoxy) is 1. The Kier molecular flexibility index (Phi) is 5.71. The van der Waals surface area contributed by atoms with Gasteiger partial charge in [0.2, 0.25) is 17.7 Å². The molecule has 0 spiro atoms. The van der Waals surface area contributed by atoms with Crippen LogP contribution in [0.4, 0.5) is 11.4 Å². The number of fused-ring (bicyclic) bond motifs is 1. The van der Waals surface area contributed by atoms with E-state index in [4.69, 9.17) is 4.74 Å². The SMILES string of the molecule is Cc1cc(OC(=O)[C@@H]2CC(=O)N(c3ccccc3)C2)ccc1N1C(=O)[C@@H]2CC[C@H](C)C[C@H]2C1=O. The molecular formula is C27H28N2O5. The molecular weight excluding hydrogens is 432 g/mol. The highest BCUT2D eigenvalue weighted by Gasteiger charge is 2.50. The summed E-state index contributed by atoms with van der Waals surface area (Å²) in [7, 11) is 0. The number of carbonyl (C=O) groups is 4. The van der Waals surface area contributed by atoms with E-state index in [1.165, 1.54) is 4.90 Å². The van der Waals surface area contributed by atoms with Crippen LogP contribution in [0.25, 0.3) is 0 Å². The van der Waals surface area contributed by atoms with Crippen molar-refractivity contribution >= 4 is 35.1 Å². The third-order valence-electron chi connectivity index (χ3n) is 7.34. The molecule has 176 valence electrons. The van der Waals surface area contributed by atoms with Gasteiger partial charge in [-0.2, -0.15) is 0 Å². The minimum Gasteiger partial charge on any atom is -0.426 e. The zero-order chi connectivity index (χ0) is 24.0. The average Bonchev–Trinajstić information content (AvgIpc) is 3.32. The summed E-state index contributed by atoms with van der Waals surface area (Å²) in [6.45, 7) is 4.20. The molecule has 0 N–H and O–H groups in total. The Balaban J connectivity index is 1.28. The van der Waals surface area contributed by atoms with Gasteiger partial charge in [0.25, 0.3) is 0 Å². The summed E-state index contributed by atoms with van der Waals surface area (Å²) in [5.74, 6) is -1.06. The van der Waals surface area contributed by atoms with Crippen LogP contribution in [0.15, 0.2) is 48.5 Å². The van der Waals surface area contributed by atoms with Crippen molar-refractivity contribution in [2.45, 2.75) is 39.5 Å². The molecule has 1 saturated carbocycles. The predicted molar refractivity (Wildman–Crippen MR) is 126 cm³/mol. The summed E-state index contributed by atoms with van der Waals surface area (Å²) >= 11 is 0. The third kappa shape index (κ3) is 3.89. The van der Waals surface area contributed by atoms with Crippen molar-refractivity contribution in [3.63, 3.8) is 0 Å². The van der Waals surface area contributed by atoms with Gasteiger partial charge in [0, 0.05) is 18.7 Å². The number of anilines is 2. The summed E-state index contributed by atoms with van der Waals surface area (Å²) in [5.41, 5.74) is 1.99. The van der Waals surface area contributed by atoms with Gasteiger partial charge in [0.15, 0.2) is 0 Å². The minimum absolute atomic E-state index is 0.1000. The Bertz CT molecular complexity index is 1160. The van der Waals surface area contributed by atoms with Crippen molar-refractivity contribution in [3.8, 4) is 5.75 Å². The molecule has 1 aliphatic carbocycles. The molecule has 2 aromatic rings. The normalized spacial score (nSPS) is 26.7. The Morgan fingerprint density at radius 1 is 0.971 bits per heavy atom. The van der Waals surface area contributed by atoms with E-state index in [0.29, 0.717) is 22.9 Å². The van der Waals surface area contributed by atoms with Gasteiger partial charge in [0.1, 0.15) is 5.75 Å². The highest BCUT2D eigenvalue weighted by atomic mass is 16.5. The van der Waals surface area contributed by atoms with E-state index in [1.54, 1.807) is 30.0 Å². The molecule has 0 bridgehead atoms. The Morgan fingerprint density at radius 3 is 2.44 bits per heavy atom. The smallest absolute Gasteiger partial charge is 0.316 e. The number of esters is 1. The number of rotatable bonds is 4. The number of benzene rings is 2. The number of imide groups is 1. The van der Waals surface area contributed by atoms with Gasteiger partial charge < -0.3 is 9.64 Å². The first-order chi connectivity index (χ1) is 16.3. The first kappa shape index (κ1) is 22.3. The molecule has 7 nitrogen and oxygen atoms in total. The lowest BCUT2D eigenvalue weighted by Crippen LogP contribution is -2.31. The second-order valence-electron chi connectivity index (χ2n) is 9.75. The van der Waals surface area contributed by atoms with E-state index in [0.717, 1.165) is 24.9 Å². The quantitative estimate of drug-likeness (QED) is 0.393. The lowest BCUT2D eigenvalue weighted by Gasteiger charge is -2.25. The highest BCUT2D eigenvalue weighted by Crippen LogP contribution is 2.43. The van der Waals surface area contributed by atoms with Gasteiger partial charge in [-0.15, -0.1) is 0 Å². The van der Waals surface area contributed by atoms with E-state index in [2.05, 4.69) is 6.92 Å². The van der Waals surface area contributed by atoms with Crippen LogP contribution in [0.1, 0.15) is 38.2 Å². The molecule has 3 fully saturated rings. The summed E-state index contributed by atoms with van der Waals surface area (Å²) < 4.78 is 5.59. The fourth-order valence-electron chi connectivity index (χ4n) is 5.49. The molecule has 34 heavy (non-hydrogen) atoms. The van der Waals surface area contributed by atoms with Gasteiger partial charge in [0.05, 0.1) is 23.4 Å². The number of hydrogen-bond acceptors (Lipinski definition) is 5. The number of aryl methyl sites for hydroxylation is 1. The van der Waals surface area contributed by atoms with Crippen LogP contribution in [0, 0.1) is 30.6 Å². The summed E-state index contributed by atoms with van der Waals surface area (Å²) in [6.07, 6.45) is 2.57. The van der Waals surface area contributed by atoms with E-state index in [1.807, 2.05) is 30.3 Å². The molecule has 2 aliphatic heterocycles. The van der Waals surface area contributed by atoms with Crippen molar-refractivity contribution in [1.29, 1.82) is 0 Å². The van der Waals surface area contributed by atoms with E-state index >= 15 is 0 Å². The van der Waals surface area contributed by atoms with E-state index in [9.17, 15) is 19.2 Å². The van der Waals surface area contributed by atoms with Crippen LogP contribution in [0.5, 0.6) is 5.75 Å². The maximum atomic E-state index is 13.0. The monoisotopic (exact) mass is 460 g/mol. The molecule has 2 saturated heterocycles. The lowest BCUT2D eigenvalue weighted by molar-refractivity contribution is -0.139. The van der Waals surface area contributed by atoms with Crippen molar-refractivity contribution in [2.24, 2.45) is 23.7 Å². The standard InChI is InChI=1S/C27H28N2O5/c1-16-8-10-21-22(12-16)26(32)29(25(21)31)23-11-9-20(13-17(23)2)34-27(33)18-14-24(30)28(15-18)19-6-4-3-5-7-19/h3-7,9,11,13,16,18,21-22H,8,10,12,14-15H2,1-2H3/t16-,18+,21+,22+/m0/s1. The largest absolute Gasteiger partial charge is 0.426 e. The highest BCUT2D eigenvalue weighted by molar-refractivity contribution is 6.22. The fraction of sp³-hybridized carbons (Fsp3) is 0.407. The zero-order valence-corrected chi connectivity index (χ0v) is 19.4. The number of amides is 3. The number of para-hydroxylation sites is 1. The van der Waals surface area contributed by atoms with Gasteiger partial charge in [-0.1, -0.05) is 25.1 Å². The molecule has 4 atom stereocenters. The van der Waals surface area contributed by atoms with Gasteiger partial charge >= 0.3 is 5.97 Å². The number of carbonyl (C=O) groups excluding carboxylic acids is 4. The second-order valence-corrected chi connectivity index (χ2v) is 9.75. The van der Waals surface area contributed by atoms with E-state index in [-0.39, 0.29) is 42.5 Å². The van der Waals surface area contributed by atoms with Crippen LogP contribution >= 0.6 is 0 Å². The van der Waals surface area contributed by atoms with Crippen molar-refractivity contribution in [3.05, 3.63) is 54.1 Å². The molecule has 5 rings (SSSR count). The van der Waals surface area contributed by atoms with Crippen LogP contribution in [-0.2, 0) is 19.2 Å². The van der Waals surface area contributed by atoms with Crippen LogP contribution < -0.4 is 14.5 Å². The Morgan fingerprint density at radius 2 is 1.71 bits per heavy atom. The van der Waals surface area contributed by atoms with Gasteiger partial charge in [-0.3, -0.25) is 19.2 Å². The fourth-order valence-corrected chi connectivity index (χ4v) is 5.49. The molecule has 2 aromatic carbocycles. The summed E-state index contributed by atoms with van der Waals surface area (Å²) in [6, 6.07) is 14.2. The number of nitrogens with zero attached hydrogens (tertiary/aromatic N) is 2. The lowest BCUT2D eigenvalue weighted by atomic mass is 9.76. The van der Waals surface area contributed by atoms with Crippen LogP contribution in [-0.4, -0.2) is 30.2 Å². The van der Waals surface area contributed by atoms with E-state index < -0.39 is 11.9 Å². The van der Waals surface area contributed by atoms with Gasteiger partial charge in [-0.25, -0.2) is 4.90 Å². The zero-order valence-electron chi connectivity index (χ0n) is 19.4. The summed E-state index contributed by atoms with van der Waals surface area (Å²) in [4.78, 5) is 54.2. The predicted octanol–water partition coefficient (Wildman–Crippen LogP) is 3.88. The second kappa shape index (κ2) is 8.70. The maximum Gasteiger partial charge on any atom is 0.316 e. The van der Waals surface area contributed by atoms with Crippen molar-refractivity contribution in [2.75, 3.05) is 16.3 Å².